The van der Waals surface area contributed by atoms with Crippen LogP contribution in [0, 0.1) is 0 Å². The summed E-state index contributed by atoms with van der Waals surface area (Å²) in [5, 5.41) is 8.09. The van der Waals surface area contributed by atoms with Crippen LogP contribution in [0.25, 0.3) is 0 Å². The van der Waals surface area contributed by atoms with Gasteiger partial charge >= 0.3 is 0 Å². The Morgan fingerprint density at radius 2 is 2.00 bits per heavy atom. The molecule has 0 aliphatic heterocycles. The Bertz CT molecular complexity index is 524. The molecule has 4 heteroatoms. The molecular weight excluding hydrogens is 278 g/mol. The van der Waals surface area contributed by atoms with Crippen LogP contribution < -0.4 is 5.32 Å². The second kappa shape index (κ2) is 8.25. The first kappa shape index (κ1) is 16.1. The van der Waals surface area contributed by atoms with Gasteiger partial charge in [0.1, 0.15) is 0 Å². The number of hydrogen-bond donors (Lipinski definition) is 1. The first-order chi connectivity index (χ1) is 10.2. The van der Waals surface area contributed by atoms with E-state index in [1.165, 1.54) is 10.6 Å². The van der Waals surface area contributed by atoms with Crippen molar-refractivity contribution in [3.05, 3.63) is 48.3 Å². The first-order valence-electron chi connectivity index (χ1n) is 7.62. The Morgan fingerprint density at radius 3 is 2.67 bits per heavy atom. The van der Waals surface area contributed by atoms with Gasteiger partial charge in [-0.25, -0.2) is 0 Å². The molecule has 0 saturated heterocycles. The van der Waals surface area contributed by atoms with Gasteiger partial charge < -0.3 is 5.32 Å². The second-order valence-corrected chi connectivity index (χ2v) is 6.45. The zero-order valence-electron chi connectivity index (χ0n) is 13.1. The van der Waals surface area contributed by atoms with E-state index in [1.54, 1.807) is 0 Å². The molecule has 2 atom stereocenters. The van der Waals surface area contributed by atoms with Gasteiger partial charge in [0.25, 0.3) is 0 Å². The second-order valence-electron chi connectivity index (χ2n) is 5.36. The van der Waals surface area contributed by atoms with Crippen molar-refractivity contribution in [3.8, 4) is 0 Å². The van der Waals surface area contributed by atoms with Crippen molar-refractivity contribution in [2.24, 2.45) is 0 Å². The maximum atomic E-state index is 4.69. The smallest absolute Gasteiger partial charge is 0.0640 e. The molecule has 2 aromatic rings. The van der Waals surface area contributed by atoms with Crippen LogP contribution in [0.15, 0.2) is 47.5 Å². The van der Waals surface area contributed by atoms with Gasteiger partial charge in [0.05, 0.1) is 5.69 Å². The highest BCUT2D eigenvalue weighted by atomic mass is 32.2. The molecule has 1 N–H and O–H groups in total. The summed E-state index contributed by atoms with van der Waals surface area (Å²) >= 11 is 1.89. The molecular formula is C17H25N3S. The highest BCUT2D eigenvalue weighted by molar-refractivity contribution is 7.99. The van der Waals surface area contributed by atoms with Gasteiger partial charge in [-0.15, -0.1) is 11.8 Å². The van der Waals surface area contributed by atoms with E-state index in [-0.39, 0.29) is 0 Å². The van der Waals surface area contributed by atoms with Crippen LogP contribution in [-0.4, -0.2) is 28.6 Å². The summed E-state index contributed by atoms with van der Waals surface area (Å²) in [7, 11) is 2.03. The van der Waals surface area contributed by atoms with Gasteiger partial charge in [-0.3, -0.25) is 4.68 Å². The summed E-state index contributed by atoms with van der Waals surface area (Å²) in [5.41, 5.74) is 1.17. The quantitative estimate of drug-likeness (QED) is 0.753. The van der Waals surface area contributed by atoms with Crippen LogP contribution in [0.5, 0.6) is 0 Å². The minimum absolute atomic E-state index is 0.440. The number of rotatable bonds is 8. The lowest BCUT2D eigenvalue weighted by molar-refractivity contribution is 0.470. The molecule has 1 heterocycles. The Balaban J connectivity index is 1.88. The fraction of sp³-hybridized carbons (Fsp3) is 0.471. The van der Waals surface area contributed by atoms with Gasteiger partial charge in [-0.1, -0.05) is 25.1 Å². The summed E-state index contributed by atoms with van der Waals surface area (Å²) < 4.78 is 2.08. The lowest BCUT2D eigenvalue weighted by atomic mass is 10.2. The van der Waals surface area contributed by atoms with Gasteiger partial charge in [0.2, 0.25) is 0 Å². The minimum Gasteiger partial charge on any atom is -0.316 e. The Labute approximate surface area is 132 Å². The van der Waals surface area contributed by atoms with E-state index in [1.807, 2.05) is 18.8 Å². The van der Waals surface area contributed by atoms with E-state index in [9.17, 15) is 0 Å². The maximum Gasteiger partial charge on any atom is 0.0640 e. The highest BCUT2D eigenvalue weighted by Crippen LogP contribution is 2.19. The zero-order valence-corrected chi connectivity index (χ0v) is 13.9. The Hall–Kier alpha value is -1.26. The predicted molar refractivity (Wildman–Crippen MR) is 90.9 cm³/mol. The average molecular weight is 303 g/mol. The van der Waals surface area contributed by atoms with Crippen LogP contribution >= 0.6 is 11.8 Å². The average Bonchev–Trinajstić information content (AvgIpc) is 3.00. The standard InChI is InChI=1S/C17H25N3S/c1-4-14(2)20-11-10-15(19-20)12-16(18-3)13-21-17-8-6-5-7-9-17/h5-11,14,16,18H,4,12-13H2,1-3H3. The summed E-state index contributed by atoms with van der Waals surface area (Å²) in [5.74, 6) is 1.05. The molecule has 0 aliphatic carbocycles. The van der Waals surface area contributed by atoms with E-state index in [2.05, 4.69) is 66.4 Å². The van der Waals surface area contributed by atoms with Crippen LogP contribution in [0.1, 0.15) is 32.0 Å². The van der Waals surface area contributed by atoms with Crippen molar-refractivity contribution >= 4 is 11.8 Å². The Kier molecular flexibility index (Phi) is 6.33. The van der Waals surface area contributed by atoms with Crippen molar-refractivity contribution in [2.75, 3.05) is 12.8 Å². The van der Waals surface area contributed by atoms with Gasteiger partial charge in [-0.05, 0) is 38.6 Å². The molecule has 2 rings (SSSR count). The molecule has 0 saturated carbocycles. The van der Waals surface area contributed by atoms with Crippen molar-refractivity contribution in [1.29, 1.82) is 0 Å². The Morgan fingerprint density at radius 1 is 1.24 bits per heavy atom. The van der Waals surface area contributed by atoms with Crippen molar-refractivity contribution in [3.63, 3.8) is 0 Å². The largest absolute Gasteiger partial charge is 0.316 e. The molecule has 0 radical (unpaired) electrons. The van der Waals surface area contributed by atoms with Crippen LogP contribution in [0.3, 0.4) is 0 Å². The number of likely N-dealkylation sites (N-methyl/N-ethyl adjacent to an activating group) is 1. The van der Waals surface area contributed by atoms with Gasteiger partial charge in [0, 0.05) is 35.3 Å². The van der Waals surface area contributed by atoms with E-state index in [0.29, 0.717) is 12.1 Å². The molecule has 1 aromatic carbocycles. The lowest BCUT2D eigenvalue weighted by Crippen LogP contribution is -2.30. The number of thioether (sulfide) groups is 1. The normalized spacial score (nSPS) is 14.0. The van der Waals surface area contributed by atoms with Crippen LogP contribution in [-0.2, 0) is 6.42 Å². The zero-order chi connectivity index (χ0) is 15.1. The molecule has 0 fully saturated rings. The van der Waals surface area contributed by atoms with Crippen molar-refractivity contribution in [1.82, 2.24) is 15.1 Å². The molecule has 0 bridgehead atoms. The number of nitrogens with zero attached hydrogens (tertiary/aromatic N) is 2. The van der Waals surface area contributed by atoms with Gasteiger partial charge in [-0.2, -0.15) is 5.10 Å². The van der Waals surface area contributed by atoms with E-state index >= 15 is 0 Å². The van der Waals surface area contributed by atoms with Gasteiger partial charge in [0.15, 0.2) is 0 Å². The molecule has 0 amide bonds. The molecule has 0 aliphatic rings. The minimum atomic E-state index is 0.440. The van der Waals surface area contributed by atoms with E-state index in [0.717, 1.165) is 18.6 Å². The lowest BCUT2D eigenvalue weighted by Gasteiger charge is -2.14. The molecule has 21 heavy (non-hydrogen) atoms. The third kappa shape index (κ3) is 4.90. The summed E-state index contributed by atoms with van der Waals surface area (Å²) in [6, 6.07) is 13.6. The third-order valence-corrected chi connectivity index (χ3v) is 4.94. The summed E-state index contributed by atoms with van der Waals surface area (Å²) in [6.45, 7) is 4.40. The topological polar surface area (TPSA) is 29.9 Å². The first-order valence-corrected chi connectivity index (χ1v) is 8.60. The molecule has 114 valence electrons. The fourth-order valence-electron chi connectivity index (χ4n) is 2.13. The fourth-order valence-corrected chi connectivity index (χ4v) is 3.16. The summed E-state index contributed by atoms with van der Waals surface area (Å²) in [6.07, 6.45) is 4.18. The molecule has 1 aromatic heterocycles. The van der Waals surface area contributed by atoms with Crippen LogP contribution in [0.2, 0.25) is 0 Å². The maximum absolute atomic E-state index is 4.69. The summed E-state index contributed by atoms with van der Waals surface area (Å²) in [4.78, 5) is 1.32. The predicted octanol–water partition coefficient (Wildman–Crippen LogP) is 3.78. The van der Waals surface area contributed by atoms with E-state index in [4.69, 9.17) is 5.10 Å². The van der Waals surface area contributed by atoms with Crippen molar-refractivity contribution < 1.29 is 0 Å². The molecule has 2 unspecified atom stereocenters. The number of hydrogen-bond acceptors (Lipinski definition) is 3. The van der Waals surface area contributed by atoms with E-state index < -0.39 is 0 Å². The van der Waals surface area contributed by atoms with Crippen LogP contribution in [0.4, 0.5) is 0 Å². The number of aromatic nitrogens is 2. The number of benzene rings is 1. The molecule has 3 nitrogen and oxygen atoms in total. The molecule has 0 spiro atoms. The SMILES string of the molecule is CCC(C)n1ccc(CC(CSc2ccccc2)NC)n1. The monoisotopic (exact) mass is 303 g/mol. The number of nitrogens with one attached hydrogen (secondary N) is 1. The van der Waals surface area contributed by atoms with Crippen molar-refractivity contribution in [2.45, 2.75) is 43.7 Å². The highest BCUT2D eigenvalue weighted by Gasteiger charge is 2.11. The third-order valence-electron chi connectivity index (χ3n) is 3.76.